The monoisotopic (exact) mass is 238 g/mol. The Balaban J connectivity index is 1.89. The van der Waals surface area contributed by atoms with Crippen molar-refractivity contribution in [2.75, 3.05) is 0 Å². The van der Waals surface area contributed by atoms with E-state index in [0.29, 0.717) is 0 Å². The Morgan fingerprint density at radius 2 is 1.61 bits per heavy atom. The first-order valence-corrected chi connectivity index (χ1v) is 6.99. The van der Waals surface area contributed by atoms with Crippen molar-refractivity contribution in [3.05, 3.63) is 60.7 Å². The molecule has 0 radical (unpaired) electrons. The molecule has 0 heterocycles. The zero-order valence-electron chi connectivity index (χ0n) is 11.1. The number of hydrogen-bond donors (Lipinski definition) is 0. The lowest BCUT2D eigenvalue weighted by Crippen LogP contribution is -1.88. The van der Waals surface area contributed by atoms with E-state index in [4.69, 9.17) is 0 Å². The van der Waals surface area contributed by atoms with Crippen molar-refractivity contribution in [1.82, 2.24) is 0 Å². The molecule has 0 saturated carbocycles. The maximum absolute atomic E-state index is 3.76. The molecule has 0 unspecified atom stereocenters. The first-order chi connectivity index (χ1) is 8.92. The molecule has 0 heteroatoms. The Morgan fingerprint density at radius 3 is 2.50 bits per heavy atom. The van der Waals surface area contributed by atoms with E-state index in [9.17, 15) is 0 Å². The van der Waals surface area contributed by atoms with E-state index >= 15 is 0 Å². The second kappa shape index (κ2) is 7.00. The molecule has 0 spiro atoms. The summed E-state index contributed by atoms with van der Waals surface area (Å²) in [6, 6.07) is 15.3. The Kier molecular flexibility index (Phi) is 5.01. The van der Waals surface area contributed by atoms with Gasteiger partial charge in [0.25, 0.3) is 0 Å². The maximum Gasteiger partial charge on any atom is -0.0152 e. The van der Waals surface area contributed by atoms with E-state index in [1.54, 1.807) is 0 Å². The van der Waals surface area contributed by atoms with Crippen LogP contribution in [-0.2, 0) is 6.42 Å². The number of rotatable bonds is 7. The van der Waals surface area contributed by atoms with Crippen LogP contribution in [0.5, 0.6) is 0 Å². The summed E-state index contributed by atoms with van der Waals surface area (Å²) in [6.45, 7) is 3.76. The van der Waals surface area contributed by atoms with Gasteiger partial charge in [-0.1, -0.05) is 61.4 Å². The molecular weight excluding hydrogens is 216 g/mol. The summed E-state index contributed by atoms with van der Waals surface area (Å²) in [5.41, 5.74) is 1.50. The van der Waals surface area contributed by atoms with Crippen molar-refractivity contribution >= 4 is 10.8 Å². The van der Waals surface area contributed by atoms with Gasteiger partial charge in [-0.15, -0.1) is 6.58 Å². The Morgan fingerprint density at radius 1 is 0.833 bits per heavy atom. The summed E-state index contributed by atoms with van der Waals surface area (Å²) >= 11 is 0. The van der Waals surface area contributed by atoms with Crippen LogP contribution < -0.4 is 0 Å². The van der Waals surface area contributed by atoms with E-state index in [-0.39, 0.29) is 0 Å². The van der Waals surface area contributed by atoms with Crippen LogP contribution in [0.25, 0.3) is 10.8 Å². The second-order valence-electron chi connectivity index (χ2n) is 4.88. The third-order valence-corrected chi connectivity index (χ3v) is 3.48. The summed E-state index contributed by atoms with van der Waals surface area (Å²) in [7, 11) is 0. The van der Waals surface area contributed by atoms with Gasteiger partial charge < -0.3 is 0 Å². The van der Waals surface area contributed by atoms with E-state index in [2.05, 4.69) is 49.0 Å². The van der Waals surface area contributed by atoms with Crippen molar-refractivity contribution in [3.63, 3.8) is 0 Å². The molecule has 0 bridgehead atoms. The predicted molar refractivity (Wildman–Crippen MR) is 80.9 cm³/mol. The third kappa shape index (κ3) is 3.46. The number of benzene rings is 2. The highest BCUT2D eigenvalue weighted by atomic mass is 14.0. The maximum atomic E-state index is 3.76. The molecule has 2 rings (SSSR count). The topological polar surface area (TPSA) is 0 Å². The van der Waals surface area contributed by atoms with Gasteiger partial charge in [0.05, 0.1) is 0 Å². The van der Waals surface area contributed by atoms with Gasteiger partial charge in [-0.2, -0.15) is 0 Å². The highest BCUT2D eigenvalue weighted by molar-refractivity contribution is 5.85. The van der Waals surface area contributed by atoms with Gasteiger partial charge in [0.15, 0.2) is 0 Å². The van der Waals surface area contributed by atoms with Crippen LogP contribution in [0.4, 0.5) is 0 Å². The first-order valence-electron chi connectivity index (χ1n) is 6.99. The lowest BCUT2D eigenvalue weighted by atomic mass is 9.99. The number of unbranched alkanes of at least 4 members (excludes halogenated alkanes) is 4. The molecular formula is C18H22. The van der Waals surface area contributed by atoms with Gasteiger partial charge in [-0.3, -0.25) is 0 Å². The van der Waals surface area contributed by atoms with Gasteiger partial charge in [0.2, 0.25) is 0 Å². The zero-order chi connectivity index (χ0) is 12.6. The molecule has 2 aromatic carbocycles. The molecule has 2 aromatic rings. The van der Waals surface area contributed by atoms with Crippen LogP contribution in [0.3, 0.4) is 0 Å². The van der Waals surface area contributed by atoms with Crippen molar-refractivity contribution in [1.29, 1.82) is 0 Å². The average Bonchev–Trinajstić information content (AvgIpc) is 2.43. The fourth-order valence-electron chi connectivity index (χ4n) is 2.47. The van der Waals surface area contributed by atoms with Crippen molar-refractivity contribution in [3.8, 4) is 0 Å². The second-order valence-corrected chi connectivity index (χ2v) is 4.88. The molecule has 0 amide bonds. The van der Waals surface area contributed by atoms with E-state index in [1.165, 1.54) is 48.4 Å². The Bertz CT molecular complexity index is 491. The van der Waals surface area contributed by atoms with Crippen molar-refractivity contribution < 1.29 is 0 Å². The molecule has 0 aliphatic rings. The lowest BCUT2D eigenvalue weighted by Gasteiger charge is -2.06. The molecule has 18 heavy (non-hydrogen) atoms. The van der Waals surface area contributed by atoms with E-state index in [0.717, 1.165) is 6.42 Å². The smallest absolute Gasteiger partial charge is 0.0152 e. The molecule has 0 aliphatic carbocycles. The molecule has 0 N–H and O–H groups in total. The van der Waals surface area contributed by atoms with Crippen molar-refractivity contribution in [2.24, 2.45) is 0 Å². The van der Waals surface area contributed by atoms with Crippen LogP contribution in [-0.4, -0.2) is 0 Å². The number of allylic oxidation sites excluding steroid dienone is 1. The van der Waals surface area contributed by atoms with Crippen LogP contribution >= 0.6 is 0 Å². The van der Waals surface area contributed by atoms with Crippen molar-refractivity contribution in [2.45, 2.75) is 38.5 Å². The Hall–Kier alpha value is -1.56. The quantitative estimate of drug-likeness (QED) is 0.440. The normalized spacial score (nSPS) is 10.7. The molecule has 0 atom stereocenters. The van der Waals surface area contributed by atoms with Gasteiger partial charge in [-0.05, 0) is 42.0 Å². The summed E-state index contributed by atoms with van der Waals surface area (Å²) in [5, 5.41) is 2.78. The minimum Gasteiger partial charge on any atom is -0.103 e. The first kappa shape index (κ1) is 12.9. The van der Waals surface area contributed by atoms with Gasteiger partial charge >= 0.3 is 0 Å². The summed E-state index contributed by atoms with van der Waals surface area (Å²) < 4.78 is 0. The van der Waals surface area contributed by atoms with Gasteiger partial charge in [-0.25, -0.2) is 0 Å². The van der Waals surface area contributed by atoms with Gasteiger partial charge in [0, 0.05) is 0 Å². The highest BCUT2D eigenvalue weighted by Gasteiger charge is 1.99. The molecule has 0 saturated heterocycles. The predicted octanol–water partition coefficient (Wildman–Crippen LogP) is 5.52. The molecule has 0 aromatic heterocycles. The summed E-state index contributed by atoms with van der Waals surface area (Å²) in [6.07, 6.45) is 9.63. The van der Waals surface area contributed by atoms with Gasteiger partial charge in [0.1, 0.15) is 0 Å². The molecule has 0 nitrogen and oxygen atoms in total. The molecule has 94 valence electrons. The minimum atomic E-state index is 1.16. The van der Waals surface area contributed by atoms with E-state index in [1.807, 2.05) is 6.08 Å². The van der Waals surface area contributed by atoms with Crippen LogP contribution in [0.1, 0.15) is 37.7 Å². The van der Waals surface area contributed by atoms with Crippen LogP contribution in [0, 0.1) is 0 Å². The van der Waals surface area contributed by atoms with Crippen LogP contribution in [0.2, 0.25) is 0 Å². The van der Waals surface area contributed by atoms with E-state index < -0.39 is 0 Å². The average molecular weight is 238 g/mol. The number of fused-ring (bicyclic) bond motifs is 1. The summed E-state index contributed by atoms with van der Waals surface area (Å²) in [5.74, 6) is 0. The minimum absolute atomic E-state index is 1.16. The SMILES string of the molecule is C=CCCCCCCc1cccc2ccccc12. The summed E-state index contributed by atoms with van der Waals surface area (Å²) in [4.78, 5) is 0. The lowest BCUT2D eigenvalue weighted by molar-refractivity contribution is 0.647. The largest absolute Gasteiger partial charge is 0.103 e. The van der Waals surface area contributed by atoms with Crippen LogP contribution in [0.15, 0.2) is 55.1 Å². The number of hydrogen-bond acceptors (Lipinski definition) is 0. The standard InChI is InChI=1S/C18H22/c1-2-3-4-5-6-7-11-16-13-10-14-17-12-8-9-15-18(16)17/h2,8-10,12-15H,1,3-7,11H2. The third-order valence-electron chi connectivity index (χ3n) is 3.48. The zero-order valence-corrected chi connectivity index (χ0v) is 11.1. The fourth-order valence-corrected chi connectivity index (χ4v) is 2.47. The Labute approximate surface area is 110 Å². The molecule has 0 fully saturated rings. The number of aryl methyl sites for hydroxylation is 1. The highest BCUT2D eigenvalue weighted by Crippen LogP contribution is 2.20. The molecule has 0 aliphatic heterocycles. The fraction of sp³-hybridized carbons (Fsp3) is 0.333.